The first-order valence-electron chi connectivity index (χ1n) is 31.1. The predicted molar refractivity (Wildman–Crippen MR) is 300 cm³/mol. The van der Waals surface area contributed by atoms with Gasteiger partial charge in [-0.25, -0.2) is 0 Å². The molecular weight excluding hydrogens is 1020 g/mol. The standard InChI is InChI=1S/C60H111NO18/c1-3-5-7-9-11-13-15-17-18-19-20-21-22-23-24-26-28-30-32-34-36-38-48(66)61-43(44(65)37-35-33-31-29-27-25-16-14-12-10-8-6-4-2)42-74-58-54(72)51(69)56(46(40-63)76-58)79-60-55(73)52(70)57(47(41-64)77-60)78-59-53(71)50(68)49(67)45(39-62)75-59/h27,29,35,37,43-47,49-60,62-65,67-73H,3-26,28,30-34,36,38-42H2,1-2H3,(H,61,66)/b29-27+,37-35+. The van der Waals surface area contributed by atoms with Gasteiger partial charge < -0.3 is 89.9 Å². The number of carbonyl (C=O) groups is 1. The van der Waals surface area contributed by atoms with Crippen molar-refractivity contribution in [2.45, 2.75) is 324 Å². The summed E-state index contributed by atoms with van der Waals surface area (Å²) in [5, 5.41) is 120. The molecule has 12 N–H and O–H groups in total. The van der Waals surface area contributed by atoms with E-state index in [1.165, 1.54) is 148 Å². The molecule has 19 heteroatoms. The topological polar surface area (TPSA) is 307 Å². The van der Waals surface area contributed by atoms with Crippen LogP contribution in [0.5, 0.6) is 0 Å². The summed E-state index contributed by atoms with van der Waals surface area (Å²) in [7, 11) is 0. The molecule has 464 valence electrons. The van der Waals surface area contributed by atoms with Gasteiger partial charge in [0.25, 0.3) is 0 Å². The third-order valence-corrected chi connectivity index (χ3v) is 15.8. The molecule has 0 radical (unpaired) electrons. The van der Waals surface area contributed by atoms with Gasteiger partial charge in [-0.05, 0) is 32.1 Å². The Morgan fingerprint density at radius 3 is 1.27 bits per heavy atom. The average molecular weight is 1130 g/mol. The van der Waals surface area contributed by atoms with Crippen LogP contribution in [0.1, 0.15) is 219 Å². The van der Waals surface area contributed by atoms with Crippen LogP contribution in [0.15, 0.2) is 24.3 Å². The van der Waals surface area contributed by atoms with Crippen LogP contribution in [0.3, 0.4) is 0 Å². The fourth-order valence-electron chi connectivity index (χ4n) is 10.6. The molecule has 0 aromatic heterocycles. The van der Waals surface area contributed by atoms with Gasteiger partial charge in [0.05, 0.1) is 38.6 Å². The van der Waals surface area contributed by atoms with Gasteiger partial charge in [0, 0.05) is 6.42 Å². The Labute approximate surface area is 473 Å². The van der Waals surface area contributed by atoms with Gasteiger partial charge in [0.2, 0.25) is 5.91 Å². The van der Waals surface area contributed by atoms with Crippen LogP contribution < -0.4 is 5.32 Å². The summed E-state index contributed by atoms with van der Waals surface area (Å²) in [6.07, 6.45) is 18.8. The van der Waals surface area contributed by atoms with E-state index in [1.807, 2.05) is 6.08 Å². The second-order valence-electron chi connectivity index (χ2n) is 22.5. The Morgan fingerprint density at radius 1 is 0.443 bits per heavy atom. The largest absolute Gasteiger partial charge is 0.394 e. The number of hydrogen-bond donors (Lipinski definition) is 12. The van der Waals surface area contributed by atoms with Crippen molar-refractivity contribution in [1.29, 1.82) is 0 Å². The van der Waals surface area contributed by atoms with Crippen molar-refractivity contribution in [2.75, 3.05) is 26.4 Å². The number of aliphatic hydroxyl groups excluding tert-OH is 11. The molecule has 3 fully saturated rings. The number of carbonyl (C=O) groups excluding carboxylic acids is 1. The third-order valence-electron chi connectivity index (χ3n) is 15.8. The van der Waals surface area contributed by atoms with Gasteiger partial charge in [-0.2, -0.15) is 0 Å². The number of ether oxygens (including phenoxy) is 6. The quantitative estimate of drug-likeness (QED) is 0.0248. The predicted octanol–water partition coefficient (Wildman–Crippen LogP) is 5.93. The second-order valence-corrected chi connectivity index (χ2v) is 22.5. The Hall–Kier alpha value is -1.73. The van der Waals surface area contributed by atoms with Crippen LogP contribution in [0.25, 0.3) is 0 Å². The van der Waals surface area contributed by atoms with Crippen molar-refractivity contribution < 1.29 is 89.4 Å². The molecule has 0 aromatic carbocycles. The molecule has 3 aliphatic rings. The van der Waals surface area contributed by atoms with Gasteiger partial charge >= 0.3 is 0 Å². The van der Waals surface area contributed by atoms with E-state index < -0.39 is 124 Å². The minimum absolute atomic E-state index is 0.240. The van der Waals surface area contributed by atoms with E-state index in [0.717, 1.165) is 38.5 Å². The van der Waals surface area contributed by atoms with Gasteiger partial charge in [0.1, 0.15) is 73.2 Å². The molecule has 3 saturated heterocycles. The summed E-state index contributed by atoms with van der Waals surface area (Å²) in [5.41, 5.74) is 0. The highest BCUT2D eigenvalue weighted by molar-refractivity contribution is 5.76. The minimum atomic E-state index is -1.98. The Kier molecular flexibility index (Phi) is 39.7. The first kappa shape index (κ1) is 71.5. The fourth-order valence-corrected chi connectivity index (χ4v) is 10.6. The lowest BCUT2D eigenvalue weighted by atomic mass is 9.96. The van der Waals surface area contributed by atoms with Crippen molar-refractivity contribution in [3.05, 3.63) is 24.3 Å². The summed E-state index contributed by atoms with van der Waals surface area (Å²) >= 11 is 0. The highest BCUT2D eigenvalue weighted by Gasteiger charge is 2.53. The Morgan fingerprint density at radius 2 is 0.810 bits per heavy atom. The van der Waals surface area contributed by atoms with E-state index in [1.54, 1.807) is 6.08 Å². The summed E-state index contributed by atoms with van der Waals surface area (Å²) in [6.45, 7) is 1.70. The molecule has 3 aliphatic heterocycles. The molecule has 0 aromatic rings. The molecule has 19 nitrogen and oxygen atoms in total. The first-order chi connectivity index (χ1) is 38.3. The highest BCUT2D eigenvalue weighted by atomic mass is 16.8. The second kappa shape index (κ2) is 43.8. The zero-order valence-electron chi connectivity index (χ0n) is 48.4. The van der Waals surface area contributed by atoms with E-state index in [4.69, 9.17) is 28.4 Å². The number of amides is 1. The van der Waals surface area contributed by atoms with Crippen molar-refractivity contribution in [3.8, 4) is 0 Å². The van der Waals surface area contributed by atoms with E-state index in [-0.39, 0.29) is 18.9 Å². The summed E-state index contributed by atoms with van der Waals surface area (Å²) in [4.78, 5) is 13.3. The third kappa shape index (κ3) is 27.7. The highest BCUT2D eigenvalue weighted by Crippen LogP contribution is 2.33. The maximum atomic E-state index is 13.3. The van der Waals surface area contributed by atoms with E-state index >= 15 is 0 Å². The molecule has 17 unspecified atom stereocenters. The van der Waals surface area contributed by atoms with Crippen LogP contribution >= 0.6 is 0 Å². The maximum Gasteiger partial charge on any atom is 0.220 e. The number of aliphatic hydroxyl groups is 11. The summed E-state index contributed by atoms with van der Waals surface area (Å²) < 4.78 is 34.2. The number of rotatable bonds is 46. The molecule has 79 heavy (non-hydrogen) atoms. The van der Waals surface area contributed by atoms with Gasteiger partial charge in [-0.1, -0.05) is 205 Å². The molecule has 0 bridgehead atoms. The van der Waals surface area contributed by atoms with E-state index in [0.29, 0.717) is 12.8 Å². The summed E-state index contributed by atoms with van der Waals surface area (Å²) in [6, 6.07) is -0.984. The van der Waals surface area contributed by atoms with E-state index in [9.17, 15) is 61.0 Å². The molecule has 0 aliphatic carbocycles. The Bertz CT molecular complexity index is 1540. The average Bonchev–Trinajstić information content (AvgIpc) is 3.56. The van der Waals surface area contributed by atoms with Crippen LogP contribution in [-0.4, -0.2) is 193 Å². The number of hydrogen-bond acceptors (Lipinski definition) is 18. The van der Waals surface area contributed by atoms with Crippen LogP contribution in [0.2, 0.25) is 0 Å². The first-order valence-corrected chi connectivity index (χ1v) is 31.1. The van der Waals surface area contributed by atoms with Crippen LogP contribution in [0.4, 0.5) is 0 Å². The van der Waals surface area contributed by atoms with Crippen molar-refractivity contribution in [2.24, 2.45) is 0 Å². The SMILES string of the molecule is CCCCCCCCC/C=C/CC/C=C/C(O)C(COC1OC(CO)C(OC2OC(CO)C(OC3OC(CO)C(O)C(O)C3O)C(O)C2O)C(O)C1O)NC(=O)CCCCCCCCCCCCCCCCCCCCCCC. The molecular formula is C60H111NO18. The van der Waals surface area contributed by atoms with Crippen molar-refractivity contribution >= 4 is 5.91 Å². The molecule has 3 heterocycles. The number of allylic oxidation sites excluding steroid dienone is 3. The fraction of sp³-hybridized carbons (Fsp3) is 0.917. The van der Waals surface area contributed by atoms with E-state index in [2.05, 4.69) is 31.3 Å². The van der Waals surface area contributed by atoms with Crippen molar-refractivity contribution in [1.82, 2.24) is 5.32 Å². The van der Waals surface area contributed by atoms with Crippen LogP contribution in [-0.2, 0) is 33.2 Å². The summed E-state index contributed by atoms with van der Waals surface area (Å²) in [5.74, 6) is -0.283. The van der Waals surface area contributed by atoms with Crippen molar-refractivity contribution in [3.63, 3.8) is 0 Å². The van der Waals surface area contributed by atoms with Gasteiger partial charge in [0.15, 0.2) is 18.9 Å². The lowest BCUT2D eigenvalue weighted by molar-refractivity contribution is -0.379. The normalized spacial score (nSPS) is 30.4. The Balaban J connectivity index is 1.48. The molecule has 3 rings (SSSR count). The zero-order chi connectivity index (χ0) is 57.6. The number of unbranched alkanes of at least 4 members (excludes halogenated alkanes) is 28. The monoisotopic (exact) mass is 1130 g/mol. The molecule has 0 spiro atoms. The lowest BCUT2D eigenvalue weighted by Gasteiger charge is -2.48. The van der Waals surface area contributed by atoms with Crippen LogP contribution in [0, 0.1) is 0 Å². The minimum Gasteiger partial charge on any atom is -0.394 e. The molecule has 1 amide bonds. The number of nitrogens with one attached hydrogen (secondary N) is 1. The van der Waals surface area contributed by atoms with Gasteiger partial charge in [-0.3, -0.25) is 4.79 Å². The lowest BCUT2D eigenvalue weighted by Crippen LogP contribution is -2.66. The molecule has 0 saturated carbocycles. The smallest absolute Gasteiger partial charge is 0.220 e. The molecule has 17 atom stereocenters. The van der Waals surface area contributed by atoms with Gasteiger partial charge in [-0.15, -0.1) is 0 Å². The zero-order valence-corrected chi connectivity index (χ0v) is 48.4. The maximum absolute atomic E-state index is 13.3.